The minimum absolute atomic E-state index is 0.0612. The van der Waals surface area contributed by atoms with E-state index in [-0.39, 0.29) is 23.3 Å². The van der Waals surface area contributed by atoms with Gasteiger partial charge >= 0.3 is 0 Å². The molecular weight excluding hydrogens is 370 g/mol. The first-order valence-electron chi connectivity index (χ1n) is 9.42. The second kappa shape index (κ2) is 8.61. The maximum Gasteiger partial charge on any atom is 0.266 e. The van der Waals surface area contributed by atoms with Crippen LogP contribution < -0.4 is 10.9 Å². The van der Waals surface area contributed by atoms with Crippen LogP contribution in [0.25, 0.3) is 16.6 Å². The third-order valence-electron chi connectivity index (χ3n) is 4.69. The van der Waals surface area contributed by atoms with E-state index in [4.69, 9.17) is 4.98 Å². The van der Waals surface area contributed by atoms with Gasteiger partial charge in [-0.25, -0.2) is 4.98 Å². The lowest BCUT2D eigenvalue weighted by molar-refractivity contribution is -0.119. The molecule has 5 nitrogen and oxygen atoms in total. The van der Waals surface area contributed by atoms with Gasteiger partial charge in [0.05, 0.1) is 22.3 Å². The van der Waals surface area contributed by atoms with Crippen LogP contribution >= 0.6 is 11.8 Å². The fraction of sp³-hybridized carbons (Fsp3) is 0.318. The normalized spacial score (nSPS) is 12.1. The molecule has 3 rings (SSSR count). The van der Waals surface area contributed by atoms with Crippen LogP contribution in [0.4, 0.5) is 0 Å². The van der Waals surface area contributed by atoms with Crippen LogP contribution in [-0.4, -0.2) is 27.3 Å². The van der Waals surface area contributed by atoms with E-state index >= 15 is 0 Å². The Labute approximate surface area is 169 Å². The van der Waals surface area contributed by atoms with Crippen molar-refractivity contribution in [3.8, 4) is 5.69 Å². The first kappa shape index (κ1) is 20.1. The lowest BCUT2D eigenvalue weighted by Gasteiger charge is -2.16. The summed E-state index contributed by atoms with van der Waals surface area (Å²) in [5.41, 5.74) is 3.43. The Balaban J connectivity index is 2.07. The largest absolute Gasteiger partial charge is 0.353 e. The van der Waals surface area contributed by atoms with Crippen LogP contribution in [0.1, 0.15) is 31.4 Å². The van der Waals surface area contributed by atoms with Gasteiger partial charge in [-0.2, -0.15) is 0 Å². The number of aromatic nitrogens is 2. The molecular formula is C22H25N3O2S. The second-order valence-corrected chi connectivity index (χ2v) is 7.95. The molecule has 1 aromatic heterocycles. The van der Waals surface area contributed by atoms with Gasteiger partial charge in [-0.3, -0.25) is 14.2 Å². The molecule has 0 fully saturated rings. The number of fused-ring (bicyclic) bond motifs is 1. The average Bonchev–Trinajstić information content (AvgIpc) is 2.67. The molecule has 0 saturated carbocycles. The lowest BCUT2D eigenvalue weighted by atomic mass is 10.1. The number of hydrogen-bond acceptors (Lipinski definition) is 4. The summed E-state index contributed by atoms with van der Waals surface area (Å²) >= 11 is 1.28. The van der Waals surface area contributed by atoms with Gasteiger partial charge in [-0.05, 0) is 51.0 Å². The number of thioether (sulfide) groups is 1. The molecule has 0 bridgehead atoms. The van der Waals surface area contributed by atoms with E-state index < -0.39 is 0 Å². The van der Waals surface area contributed by atoms with Gasteiger partial charge in [0.25, 0.3) is 5.56 Å². The Morgan fingerprint density at radius 3 is 2.68 bits per heavy atom. The second-order valence-electron chi connectivity index (χ2n) is 7.01. The fourth-order valence-corrected chi connectivity index (χ4v) is 3.84. The fourth-order valence-electron chi connectivity index (χ4n) is 3.03. The van der Waals surface area contributed by atoms with Gasteiger partial charge < -0.3 is 5.32 Å². The van der Waals surface area contributed by atoms with Crippen molar-refractivity contribution in [1.29, 1.82) is 0 Å². The Hall–Kier alpha value is -2.60. The predicted octanol–water partition coefficient (Wildman–Crippen LogP) is 4.01. The molecule has 0 aliphatic carbocycles. The molecule has 0 radical (unpaired) electrons. The van der Waals surface area contributed by atoms with Gasteiger partial charge in [0.1, 0.15) is 0 Å². The zero-order valence-corrected chi connectivity index (χ0v) is 17.5. The number of rotatable bonds is 6. The molecule has 0 aliphatic heterocycles. The summed E-state index contributed by atoms with van der Waals surface area (Å²) in [7, 11) is 0. The molecule has 1 heterocycles. The van der Waals surface area contributed by atoms with Crippen LogP contribution in [0.5, 0.6) is 0 Å². The Bertz CT molecular complexity index is 1080. The molecule has 1 amide bonds. The molecule has 2 aromatic carbocycles. The van der Waals surface area contributed by atoms with Gasteiger partial charge in [0.2, 0.25) is 5.91 Å². The van der Waals surface area contributed by atoms with E-state index in [0.717, 1.165) is 23.2 Å². The maximum absolute atomic E-state index is 13.3. The number of carbonyl (C=O) groups excluding carboxylic acids is 1. The zero-order valence-electron chi connectivity index (χ0n) is 16.7. The van der Waals surface area contributed by atoms with Gasteiger partial charge in [-0.1, -0.05) is 48.5 Å². The van der Waals surface area contributed by atoms with E-state index in [1.54, 1.807) is 10.6 Å². The Kier molecular flexibility index (Phi) is 6.19. The maximum atomic E-state index is 13.3. The molecule has 0 spiro atoms. The Morgan fingerprint density at radius 1 is 1.21 bits per heavy atom. The first-order valence-corrected chi connectivity index (χ1v) is 10.4. The first-order chi connectivity index (χ1) is 13.4. The highest BCUT2D eigenvalue weighted by molar-refractivity contribution is 7.99. The summed E-state index contributed by atoms with van der Waals surface area (Å²) in [6.07, 6.45) is 0.873. The predicted molar refractivity (Wildman–Crippen MR) is 115 cm³/mol. The van der Waals surface area contributed by atoms with Crippen molar-refractivity contribution in [3.05, 3.63) is 63.9 Å². The number of benzene rings is 2. The zero-order chi connectivity index (χ0) is 20.3. The van der Waals surface area contributed by atoms with Gasteiger partial charge in [-0.15, -0.1) is 0 Å². The smallest absolute Gasteiger partial charge is 0.266 e. The van der Waals surface area contributed by atoms with Crippen molar-refractivity contribution in [2.45, 2.75) is 45.3 Å². The van der Waals surface area contributed by atoms with Crippen molar-refractivity contribution in [3.63, 3.8) is 0 Å². The van der Waals surface area contributed by atoms with E-state index in [0.29, 0.717) is 16.1 Å². The highest BCUT2D eigenvalue weighted by Crippen LogP contribution is 2.23. The molecule has 1 atom stereocenters. The number of nitrogens with zero attached hydrogens (tertiary/aromatic N) is 2. The summed E-state index contributed by atoms with van der Waals surface area (Å²) in [5.74, 6) is 0.147. The van der Waals surface area contributed by atoms with Crippen molar-refractivity contribution in [1.82, 2.24) is 14.9 Å². The number of para-hydroxylation sites is 1. The summed E-state index contributed by atoms with van der Waals surface area (Å²) in [5, 5.41) is 4.04. The quantitative estimate of drug-likeness (QED) is 0.506. The number of hydrogen-bond donors (Lipinski definition) is 1. The summed E-state index contributed by atoms with van der Waals surface area (Å²) in [4.78, 5) is 30.2. The number of aryl methyl sites for hydroxylation is 2. The third kappa shape index (κ3) is 4.28. The molecule has 0 saturated heterocycles. The van der Waals surface area contributed by atoms with Gasteiger partial charge in [0.15, 0.2) is 5.16 Å². The molecule has 0 aliphatic rings. The topological polar surface area (TPSA) is 64.0 Å². The molecule has 1 N–H and O–H groups in total. The van der Waals surface area contributed by atoms with Gasteiger partial charge in [0, 0.05) is 6.04 Å². The molecule has 3 aromatic rings. The number of amides is 1. The van der Waals surface area contributed by atoms with Crippen molar-refractivity contribution >= 4 is 28.6 Å². The number of carbonyl (C=O) groups is 1. The van der Waals surface area contributed by atoms with Crippen LogP contribution in [-0.2, 0) is 4.79 Å². The Morgan fingerprint density at radius 2 is 1.96 bits per heavy atom. The SMILES string of the molecule is CCC(C)NC(=O)CSc1nc2ccccc2c(=O)n1-c1ccc(C)cc1C. The lowest BCUT2D eigenvalue weighted by Crippen LogP contribution is -2.33. The highest BCUT2D eigenvalue weighted by Gasteiger charge is 2.16. The summed E-state index contributed by atoms with van der Waals surface area (Å²) < 4.78 is 1.62. The summed E-state index contributed by atoms with van der Waals surface area (Å²) in [6.45, 7) is 8.00. The third-order valence-corrected chi connectivity index (χ3v) is 5.63. The van der Waals surface area contributed by atoms with Crippen LogP contribution in [0, 0.1) is 13.8 Å². The minimum Gasteiger partial charge on any atom is -0.353 e. The van der Waals surface area contributed by atoms with Crippen LogP contribution in [0.2, 0.25) is 0 Å². The van der Waals surface area contributed by atoms with Crippen LogP contribution in [0.3, 0.4) is 0 Å². The van der Waals surface area contributed by atoms with Crippen molar-refractivity contribution in [2.24, 2.45) is 0 Å². The van der Waals surface area contributed by atoms with E-state index in [1.165, 1.54) is 11.8 Å². The monoisotopic (exact) mass is 395 g/mol. The van der Waals surface area contributed by atoms with E-state index in [2.05, 4.69) is 5.32 Å². The number of nitrogens with one attached hydrogen (secondary N) is 1. The van der Waals surface area contributed by atoms with E-state index in [9.17, 15) is 9.59 Å². The van der Waals surface area contributed by atoms with Crippen LogP contribution in [0.15, 0.2) is 52.4 Å². The minimum atomic E-state index is -0.123. The molecule has 1 unspecified atom stereocenters. The van der Waals surface area contributed by atoms with Crippen molar-refractivity contribution < 1.29 is 4.79 Å². The van der Waals surface area contributed by atoms with E-state index in [1.807, 2.05) is 64.1 Å². The molecule has 6 heteroatoms. The van der Waals surface area contributed by atoms with Crippen molar-refractivity contribution in [2.75, 3.05) is 5.75 Å². The summed E-state index contributed by atoms with van der Waals surface area (Å²) in [6, 6.07) is 13.4. The molecule has 28 heavy (non-hydrogen) atoms. The standard InChI is InChI=1S/C22H25N3O2S/c1-5-16(4)23-20(26)13-28-22-24-18-9-7-6-8-17(18)21(27)25(22)19-11-10-14(2)12-15(19)3/h6-12,16H,5,13H2,1-4H3,(H,23,26). The highest BCUT2D eigenvalue weighted by atomic mass is 32.2. The molecule has 146 valence electrons. The average molecular weight is 396 g/mol.